The number of anilines is 3. The molecule has 0 fully saturated rings. The molecule has 0 radical (unpaired) electrons. The zero-order valence-corrected chi connectivity index (χ0v) is 35.4. The Labute approximate surface area is 359 Å². The fourth-order valence-electron chi connectivity index (χ4n) is 9.44. The summed E-state index contributed by atoms with van der Waals surface area (Å²) >= 11 is 1.83. The molecular formula is C51H31FN4PtSSi. The first kappa shape index (κ1) is 35.9. The number of thiophene rings is 1. The van der Waals surface area contributed by atoms with E-state index in [0.717, 1.165) is 49.7 Å². The van der Waals surface area contributed by atoms with Crippen LogP contribution in [0.2, 0.25) is 0 Å². The van der Waals surface area contributed by atoms with Gasteiger partial charge in [0.25, 0.3) is 0 Å². The Kier molecular flexibility index (Phi) is 8.49. The minimum atomic E-state index is -3.15. The van der Waals surface area contributed by atoms with Crippen LogP contribution in [-0.2, 0) is 21.1 Å². The van der Waals surface area contributed by atoms with Gasteiger partial charge in [0.05, 0.1) is 5.65 Å². The fraction of sp³-hybridized carbons (Fsp3) is 0.0196. The Hall–Kier alpha value is -6.24. The number of para-hydroxylation sites is 1. The molecule has 0 saturated heterocycles. The normalized spacial score (nSPS) is 13.7. The van der Waals surface area contributed by atoms with Crippen LogP contribution in [0.1, 0.15) is 17.3 Å². The molecular weight excluding hydrogens is 943 g/mol. The van der Waals surface area contributed by atoms with Gasteiger partial charge in [-0.3, -0.25) is 4.98 Å². The SMILES string of the molecule is FC(c1[c-]c2c(cc1)[Si](c1ccccc1)(c1ccccc1)c1c(ccc3sc4ccccc4c13)N2c1ccccn1)c1[c-]c2c(cc1)c1ccccc1n1ccnc21.[Pt+2]. The Morgan fingerprint density at radius 3 is 2.07 bits per heavy atom. The van der Waals surface area contributed by atoms with E-state index in [4.69, 9.17) is 9.97 Å². The van der Waals surface area contributed by atoms with Crippen molar-refractivity contribution in [3.63, 3.8) is 0 Å². The van der Waals surface area contributed by atoms with E-state index in [-0.39, 0.29) is 21.1 Å². The summed E-state index contributed by atoms with van der Waals surface area (Å²) in [5.41, 5.74) is 4.53. The molecule has 59 heavy (non-hydrogen) atoms. The zero-order valence-electron chi connectivity index (χ0n) is 31.3. The van der Waals surface area contributed by atoms with Gasteiger partial charge in [0.1, 0.15) is 20.1 Å². The first-order valence-corrected chi connectivity index (χ1v) is 22.2. The summed E-state index contributed by atoms with van der Waals surface area (Å²) in [5, 5.41) is 10.3. The monoisotopic (exact) mass is 973 g/mol. The van der Waals surface area contributed by atoms with E-state index in [9.17, 15) is 0 Å². The number of halogens is 1. The number of nitrogens with zero attached hydrogens (tertiary/aromatic N) is 4. The predicted octanol–water partition coefficient (Wildman–Crippen LogP) is 10.2. The molecule has 1 atom stereocenters. The summed E-state index contributed by atoms with van der Waals surface area (Å²) in [6.07, 6.45) is 4.06. The van der Waals surface area contributed by atoms with Gasteiger partial charge in [-0.05, 0) is 47.0 Å². The summed E-state index contributed by atoms with van der Waals surface area (Å²) in [6.45, 7) is 0. The molecule has 0 amide bonds. The second-order valence-electron chi connectivity index (χ2n) is 14.8. The molecule has 0 aliphatic carbocycles. The molecule has 0 spiro atoms. The van der Waals surface area contributed by atoms with E-state index in [0.29, 0.717) is 11.1 Å². The molecule has 0 saturated carbocycles. The van der Waals surface area contributed by atoms with E-state index in [1.54, 1.807) is 6.20 Å². The third-order valence-electron chi connectivity index (χ3n) is 11.8. The van der Waals surface area contributed by atoms with Gasteiger partial charge in [-0.1, -0.05) is 136 Å². The summed E-state index contributed by atoms with van der Waals surface area (Å²) in [6, 6.07) is 64.6. The van der Waals surface area contributed by atoms with Crippen LogP contribution < -0.4 is 25.6 Å². The molecule has 5 heterocycles. The molecule has 282 valence electrons. The van der Waals surface area contributed by atoms with Crippen molar-refractivity contribution >= 4 is 105 Å². The smallest absolute Gasteiger partial charge is 0.340 e. The van der Waals surface area contributed by atoms with Crippen molar-refractivity contribution in [3.05, 3.63) is 206 Å². The number of benzene rings is 7. The van der Waals surface area contributed by atoms with Crippen molar-refractivity contribution < 1.29 is 25.5 Å². The van der Waals surface area contributed by atoms with Crippen molar-refractivity contribution in [2.24, 2.45) is 0 Å². The van der Waals surface area contributed by atoms with Crippen molar-refractivity contribution in [2.45, 2.75) is 6.17 Å². The van der Waals surface area contributed by atoms with Crippen molar-refractivity contribution in [3.8, 4) is 0 Å². The maximum atomic E-state index is 17.5. The van der Waals surface area contributed by atoms with Crippen molar-refractivity contribution in [2.75, 3.05) is 4.90 Å². The molecule has 4 aromatic heterocycles. The van der Waals surface area contributed by atoms with Crippen LogP contribution in [0.4, 0.5) is 21.6 Å². The fourth-order valence-corrected chi connectivity index (χ4v) is 15.9. The number of hydrogen-bond acceptors (Lipinski definition) is 4. The van der Waals surface area contributed by atoms with Crippen LogP contribution in [-0.4, -0.2) is 22.4 Å². The number of pyridine rings is 2. The van der Waals surface area contributed by atoms with Gasteiger partial charge in [-0.25, -0.2) is 9.37 Å². The largest absolute Gasteiger partial charge is 2.00 e. The molecule has 7 aromatic carbocycles. The molecule has 1 aliphatic rings. The van der Waals surface area contributed by atoms with E-state index in [2.05, 4.69) is 137 Å². The maximum absolute atomic E-state index is 17.5. The first-order chi connectivity index (χ1) is 28.7. The van der Waals surface area contributed by atoms with Gasteiger partial charge in [-0.15, -0.1) is 40.3 Å². The number of imidazole rings is 1. The quantitative estimate of drug-likeness (QED) is 0.0979. The van der Waals surface area contributed by atoms with Gasteiger partial charge in [-0.2, -0.15) is 18.2 Å². The molecule has 8 heteroatoms. The van der Waals surface area contributed by atoms with Crippen LogP contribution in [0.25, 0.3) is 47.5 Å². The minimum Gasteiger partial charge on any atom is -0.340 e. The Balaban J connectivity index is 0.00000397. The Morgan fingerprint density at radius 1 is 0.593 bits per heavy atom. The molecule has 12 rings (SSSR count). The van der Waals surface area contributed by atoms with Crippen LogP contribution in [0.15, 0.2) is 182 Å². The molecule has 1 aliphatic heterocycles. The molecule has 0 bridgehead atoms. The molecule has 4 nitrogen and oxygen atoms in total. The number of rotatable bonds is 5. The number of hydrogen-bond donors (Lipinski definition) is 0. The summed E-state index contributed by atoms with van der Waals surface area (Å²) in [5.74, 6) is 0.752. The van der Waals surface area contributed by atoms with Crippen LogP contribution >= 0.6 is 11.3 Å². The average Bonchev–Trinajstić information content (AvgIpc) is 3.95. The maximum Gasteiger partial charge on any atom is 2.00 e. The molecule has 0 N–H and O–H groups in total. The second kappa shape index (κ2) is 14.0. The average molecular weight is 974 g/mol. The van der Waals surface area contributed by atoms with Gasteiger partial charge in [0, 0.05) is 50.0 Å². The topological polar surface area (TPSA) is 33.4 Å². The van der Waals surface area contributed by atoms with Gasteiger partial charge in [0.2, 0.25) is 0 Å². The predicted molar refractivity (Wildman–Crippen MR) is 240 cm³/mol. The van der Waals surface area contributed by atoms with E-state index >= 15 is 4.39 Å². The minimum absolute atomic E-state index is 0. The standard InChI is InChI=1S/C51H31FN4SSi.Pt/c52-49(33-22-24-37-38-17-7-9-19-41(38)55-30-29-54-51(55)40(37)31-33)34-23-27-46-43(32-34)56(47-21-11-12-28-53-47)42-25-26-45-48(39-18-8-10-20-44(39)57-45)50(42)58(46,35-13-3-1-4-14-35)36-15-5-2-6-16-36;/h1-30,49H;/q-2;+2. The summed E-state index contributed by atoms with van der Waals surface area (Å²) in [7, 11) is -3.15. The summed E-state index contributed by atoms with van der Waals surface area (Å²) < 4.78 is 22.0. The number of alkyl halides is 1. The molecule has 11 aromatic rings. The Bertz CT molecular complexity index is 3350. The van der Waals surface area contributed by atoms with Crippen LogP contribution in [0.5, 0.6) is 0 Å². The van der Waals surface area contributed by atoms with E-state index in [1.807, 2.05) is 72.3 Å². The molecule has 1 unspecified atom stereocenters. The second-order valence-corrected chi connectivity index (χ2v) is 19.6. The van der Waals surface area contributed by atoms with Crippen molar-refractivity contribution in [1.82, 2.24) is 14.4 Å². The number of fused-ring (bicyclic) bond motifs is 12. The van der Waals surface area contributed by atoms with Gasteiger partial charge in [0.15, 0.2) is 0 Å². The van der Waals surface area contributed by atoms with Crippen LogP contribution in [0.3, 0.4) is 0 Å². The third kappa shape index (κ3) is 5.21. The summed E-state index contributed by atoms with van der Waals surface area (Å²) in [4.78, 5) is 11.9. The van der Waals surface area contributed by atoms with Gasteiger partial charge >= 0.3 is 21.1 Å². The van der Waals surface area contributed by atoms with Crippen molar-refractivity contribution in [1.29, 1.82) is 0 Å². The van der Waals surface area contributed by atoms with Crippen LogP contribution in [0, 0.1) is 12.1 Å². The third-order valence-corrected chi connectivity index (χ3v) is 17.8. The number of aromatic nitrogens is 3. The van der Waals surface area contributed by atoms with E-state index < -0.39 is 14.2 Å². The zero-order chi connectivity index (χ0) is 38.4. The van der Waals surface area contributed by atoms with Gasteiger partial charge < -0.3 is 9.30 Å². The Morgan fingerprint density at radius 2 is 1.29 bits per heavy atom. The van der Waals surface area contributed by atoms with E-state index in [1.165, 1.54) is 35.7 Å². The first-order valence-electron chi connectivity index (χ1n) is 19.4.